The first-order chi connectivity index (χ1) is 10.3. The lowest BCUT2D eigenvalue weighted by Crippen LogP contribution is -1.95. The lowest BCUT2D eigenvalue weighted by molar-refractivity contribution is 0.707. The van der Waals surface area contributed by atoms with Gasteiger partial charge in [-0.15, -0.1) is 0 Å². The number of benzene rings is 2. The monoisotopic (exact) mass is 338 g/mol. The first-order valence-corrected chi connectivity index (χ1v) is 8.34. The second kappa shape index (κ2) is 6.91. The van der Waals surface area contributed by atoms with Gasteiger partial charge in [0, 0.05) is 0 Å². The van der Waals surface area contributed by atoms with E-state index in [9.17, 15) is 0 Å². The summed E-state index contributed by atoms with van der Waals surface area (Å²) in [6.45, 7) is 0. The topological polar surface area (TPSA) is 0 Å². The van der Waals surface area contributed by atoms with E-state index in [4.69, 9.17) is 0 Å². The van der Waals surface area contributed by atoms with E-state index in [0.717, 1.165) is 0 Å². The van der Waals surface area contributed by atoms with Gasteiger partial charge in [0.1, 0.15) is 0 Å². The molecule has 0 fully saturated rings. The highest BCUT2D eigenvalue weighted by molar-refractivity contribution is 9.11. The van der Waals surface area contributed by atoms with E-state index in [1.54, 1.807) is 0 Å². The Hall–Kier alpha value is -1.60. The number of hydrogen-bond acceptors (Lipinski definition) is 0. The maximum Gasteiger partial charge on any atom is -0.00171 e. The van der Waals surface area contributed by atoms with Gasteiger partial charge in [-0.05, 0) is 58.5 Å². The Kier molecular flexibility index (Phi) is 4.72. The molecule has 0 unspecified atom stereocenters. The zero-order valence-corrected chi connectivity index (χ0v) is 13.6. The van der Waals surface area contributed by atoms with Gasteiger partial charge in [-0.2, -0.15) is 0 Å². The number of halogens is 1. The van der Waals surface area contributed by atoms with Crippen LogP contribution in [0.25, 0.3) is 5.57 Å². The van der Waals surface area contributed by atoms with Crippen LogP contribution in [-0.2, 0) is 0 Å². The van der Waals surface area contributed by atoms with E-state index in [0.29, 0.717) is 0 Å². The van der Waals surface area contributed by atoms with Crippen LogP contribution in [0.2, 0.25) is 0 Å². The first kappa shape index (κ1) is 14.3. The SMILES string of the molecule is BrC1=C(C=C(c2ccccc2)c2ccccc2)CCCC1. The van der Waals surface area contributed by atoms with E-state index in [-0.39, 0.29) is 0 Å². The Morgan fingerprint density at radius 1 is 0.762 bits per heavy atom. The van der Waals surface area contributed by atoms with Crippen molar-refractivity contribution in [3.05, 3.63) is 87.9 Å². The maximum atomic E-state index is 3.76. The predicted molar refractivity (Wildman–Crippen MR) is 94.4 cm³/mol. The molecule has 0 nitrogen and oxygen atoms in total. The van der Waals surface area contributed by atoms with Crippen LogP contribution in [0.5, 0.6) is 0 Å². The van der Waals surface area contributed by atoms with Gasteiger partial charge in [0.15, 0.2) is 0 Å². The molecule has 0 radical (unpaired) electrons. The summed E-state index contributed by atoms with van der Waals surface area (Å²) in [6, 6.07) is 21.3. The Labute approximate surface area is 135 Å². The summed E-state index contributed by atoms with van der Waals surface area (Å²) >= 11 is 3.76. The summed E-state index contributed by atoms with van der Waals surface area (Å²) in [5.41, 5.74) is 5.32. The molecule has 0 N–H and O–H groups in total. The van der Waals surface area contributed by atoms with Crippen LogP contribution in [-0.4, -0.2) is 0 Å². The summed E-state index contributed by atoms with van der Waals surface area (Å²) in [5.74, 6) is 0. The van der Waals surface area contributed by atoms with Gasteiger partial charge in [-0.3, -0.25) is 0 Å². The zero-order chi connectivity index (χ0) is 14.5. The molecule has 3 rings (SSSR count). The minimum Gasteiger partial charge on any atom is -0.0622 e. The second-order valence-corrected chi connectivity index (χ2v) is 6.38. The van der Waals surface area contributed by atoms with E-state index in [1.807, 2.05) is 0 Å². The van der Waals surface area contributed by atoms with Gasteiger partial charge in [0.2, 0.25) is 0 Å². The maximum absolute atomic E-state index is 3.76. The molecule has 0 bridgehead atoms. The van der Waals surface area contributed by atoms with Crippen molar-refractivity contribution in [1.29, 1.82) is 0 Å². The minimum atomic E-state index is 1.17. The molecule has 0 heterocycles. The van der Waals surface area contributed by atoms with Crippen LogP contribution < -0.4 is 0 Å². The van der Waals surface area contributed by atoms with Crippen molar-refractivity contribution in [2.24, 2.45) is 0 Å². The van der Waals surface area contributed by atoms with Crippen LogP contribution in [0.1, 0.15) is 36.8 Å². The normalized spacial score (nSPS) is 14.9. The first-order valence-electron chi connectivity index (χ1n) is 7.54. The number of allylic oxidation sites excluding steroid dienone is 3. The molecule has 106 valence electrons. The second-order valence-electron chi connectivity index (χ2n) is 5.43. The third-order valence-electron chi connectivity index (χ3n) is 3.93. The zero-order valence-electron chi connectivity index (χ0n) is 12.1. The third kappa shape index (κ3) is 3.54. The Morgan fingerprint density at radius 3 is 1.81 bits per heavy atom. The number of rotatable bonds is 3. The van der Waals surface area contributed by atoms with Crippen molar-refractivity contribution in [1.82, 2.24) is 0 Å². The molecule has 0 saturated carbocycles. The van der Waals surface area contributed by atoms with E-state index >= 15 is 0 Å². The smallest absolute Gasteiger partial charge is 0.00171 e. The van der Waals surface area contributed by atoms with Crippen molar-refractivity contribution in [2.45, 2.75) is 25.7 Å². The van der Waals surface area contributed by atoms with Crippen molar-refractivity contribution < 1.29 is 0 Å². The Morgan fingerprint density at radius 2 is 1.29 bits per heavy atom. The van der Waals surface area contributed by atoms with Crippen LogP contribution in [0.4, 0.5) is 0 Å². The van der Waals surface area contributed by atoms with Crippen LogP contribution in [0.15, 0.2) is 76.8 Å². The molecule has 1 heteroatoms. The largest absolute Gasteiger partial charge is 0.0622 e. The highest BCUT2D eigenvalue weighted by atomic mass is 79.9. The Bertz CT molecular complexity index is 609. The van der Waals surface area contributed by atoms with Crippen molar-refractivity contribution in [3.63, 3.8) is 0 Å². The summed E-state index contributed by atoms with van der Waals surface area (Å²) in [4.78, 5) is 0. The average Bonchev–Trinajstić information content (AvgIpc) is 2.56. The summed E-state index contributed by atoms with van der Waals surface area (Å²) in [7, 11) is 0. The van der Waals surface area contributed by atoms with Gasteiger partial charge >= 0.3 is 0 Å². The molecule has 21 heavy (non-hydrogen) atoms. The van der Waals surface area contributed by atoms with Crippen molar-refractivity contribution >= 4 is 21.5 Å². The van der Waals surface area contributed by atoms with E-state index < -0.39 is 0 Å². The fraction of sp³-hybridized carbons (Fsp3) is 0.200. The standard InChI is InChI=1S/C20H19Br/c21-20-14-8-7-13-18(20)15-19(16-9-3-1-4-10-16)17-11-5-2-6-12-17/h1-6,9-12,15H,7-8,13-14H2. The van der Waals surface area contributed by atoms with E-state index in [1.165, 1.54) is 52.4 Å². The third-order valence-corrected chi connectivity index (χ3v) is 4.83. The van der Waals surface area contributed by atoms with Crippen molar-refractivity contribution in [2.75, 3.05) is 0 Å². The highest BCUT2D eigenvalue weighted by Gasteiger charge is 2.11. The molecule has 0 aliphatic heterocycles. The lowest BCUT2D eigenvalue weighted by atomic mass is 9.92. The molecule has 1 aliphatic carbocycles. The molecule has 0 amide bonds. The molecule has 1 aliphatic rings. The molecule has 0 atom stereocenters. The predicted octanol–water partition coefficient (Wildman–Crippen LogP) is 6.34. The molecule has 0 saturated heterocycles. The van der Waals surface area contributed by atoms with Gasteiger partial charge in [-0.1, -0.05) is 76.6 Å². The minimum absolute atomic E-state index is 1.17. The van der Waals surface area contributed by atoms with Gasteiger partial charge < -0.3 is 0 Å². The number of hydrogen-bond donors (Lipinski definition) is 0. The van der Waals surface area contributed by atoms with Crippen LogP contribution in [0, 0.1) is 0 Å². The molecular formula is C20H19Br. The van der Waals surface area contributed by atoms with Gasteiger partial charge in [-0.25, -0.2) is 0 Å². The average molecular weight is 339 g/mol. The molecular weight excluding hydrogens is 320 g/mol. The summed E-state index contributed by atoms with van der Waals surface area (Å²) in [6.07, 6.45) is 7.29. The molecule has 0 spiro atoms. The quantitative estimate of drug-likeness (QED) is 0.612. The van der Waals surface area contributed by atoms with Gasteiger partial charge in [0.05, 0.1) is 0 Å². The summed E-state index contributed by atoms with van der Waals surface area (Å²) in [5, 5.41) is 0. The van der Waals surface area contributed by atoms with Crippen molar-refractivity contribution in [3.8, 4) is 0 Å². The summed E-state index contributed by atoms with van der Waals surface area (Å²) < 4.78 is 1.37. The Balaban J connectivity index is 2.09. The fourth-order valence-electron chi connectivity index (χ4n) is 2.79. The molecule has 0 aromatic heterocycles. The van der Waals surface area contributed by atoms with Crippen LogP contribution >= 0.6 is 15.9 Å². The fourth-order valence-corrected chi connectivity index (χ4v) is 3.38. The highest BCUT2D eigenvalue weighted by Crippen LogP contribution is 2.33. The van der Waals surface area contributed by atoms with Gasteiger partial charge in [0.25, 0.3) is 0 Å². The molecule has 2 aromatic carbocycles. The van der Waals surface area contributed by atoms with E-state index in [2.05, 4.69) is 82.7 Å². The van der Waals surface area contributed by atoms with Crippen LogP contribution in [0.3, 0.4) is 0 Å². The lowest BCUT2D eigenvalue weighted by Gasteiger charge is -2.16. The molecule has 2 aromatic rings.